The number of anilines is 1. The number of halogens is 4. The van der Waals surface area contributed by atoms with E-state index >= 15 is 0 Å². The van der Waals surface area contributed by atoms with E-state index in [0.717, 1.165) is 43.7 Å². The van der Waals surface area contributed by atoms with E-state index in [0.29, 0.717) is 55.8 Å². The van der Waals surface area contributed by atoms with E-state index in [1.807, 2.05) is 11.8 Å². The van der Waals surface area contributed by atoms with Crippen molar-refractivity contribution in [3.8, 4) is 0 Å². The number of nitrogens with zero attached hydrogens (tertiary/aromatic N) is 4. The molecule has 2 aromatic rings. The minimum Gasteiger partial charge on any atom is -0.365 e. The van der Waals surface area contributed by atoms with Crippen LogP contribution in [-0.2, 0) is 19.1 Å². The largest absolute Gasteiger partial charge is 0.416 e. The summed E-state index contributed by atoms with van der Waals surface area (Å²) < 4.78 is 53.9. The van der Waals surface area contributed by atoms with Crippen molar-refractivity contribution in [3.05, 3.63) is 52.3 Å². The zero-order chi connectivity index (χ0) is 26.2. The van der Waals surface area contributed by atoms with Gasteiger partial charge in [-0.05, 0) is 62.3 Å². The Morgan fingerprint density at radius 3 is 2.54 bits per heavy atom. The van der Waals surface area contributed by atoms with Crippen molar-refractivity contribution in [1.82, 2.24) is 20.4 Å². The molecule has 0 spiro atoms. The molecule has 200 valence electrons. The lowest BCUT2D eigenvalue weighted by Crippen LogP contribution is -2.51. The maximum absolute atomic E-state index is 14.2. The van der Waals surface area contributed by atoms with E-state index in [1.54, 1.807) is 17.2 Å². The van der Waals surface area contributed by atoms with Crippen molar-refractivity contribution in [1.29, 1.82) is 0 Å². The lowest BCUT2D eigenvalue weighted by atomic mass is 9.92. The number of carbonyl (C=O) groups is 1. The molecule has 3 heterocycles. The Balaban J connectivity index is 1.25. The van der Waals surface area contributed by atoms with E-state index in [2.05, 4.69) is 15.5 Å². The third-order valence-electron chi connectivity index (χ3n) is 8.08. The van der Waals surface area contributed by atoms with E-state index in [1.165, 1.54) is 6.07 Å². The summed E-state index contributed by atoms with van der Waals surface area (Å²) in [6.07, 6.45) is 2.00. The highest BCUT2D eigenvalue weighted by Crippen LogP contribution is 2.34. The third-order valence-corrected chi connectivity index (χ3v) is 8.08. The molecule has 1 amide bonds. The van der Waals surface area contributed by atoms with Gasteiger partial charge in [-0.3, -0.25) is 4.79 Å². The smallest absolute Gasteiger partial charge is 0.365 e. The van der Waals surface area contributed by atoms with Crippen LogP contribution in [0.5, 0.6) is 0 Å². The molecule has 2 aliphatic heterocycles. The van der Waals surface area contributed by atoms with Gasteiger partial charge in [0.05, 0.1) is 17.4 Å². The summed E-state index contributed by atoms with van der Waals surface area (Å²) in [6.45, 7) is 3.86. The predicted octanol–water partition coefficient (Wildman–Crippen LogP) is 4.84. The van der Waals surface area contributed by atoms with Crippen molar-refractivity contribution in [2.75, 3.05) is 24.5 Å². The van der Waals surface area contributed by atoms with Crippen LogP contribution in [0.1, 0.15) is 71.3 Å². The number of aromatic nitrogens is 2. The molecule has 1 saturated heterocycles. The van der Waals surface area contributed by atoms with Crippen molar-refractivity contribution in [2.45, 2.75) is 82.8 Å². The Bertz CT molecular complexity index is 1130. The minimum atomic E-state index is -4.39. The second-order valence-corrected chi connectivity index (χ2v) is 10.5. The molecule has 0 bridgehead atoms. The molecular formula is C27H33F4N5O. The van der Waals surface area contributed by atoms with Crippen LogP contribution in [0, 0.1) is 6.92 Å². The number of benzene rings is 1. The molecule has 1 saturated carbocycles. The standard InChI is InChI=1S/C27H33F4N5O/c1-17-24(36-11-8-18-6-7-20(27(29,30)31)14-19(18)16-36)15-32-34-25(17)26(37)35-12-9-21(10-13-35)33-23-5-3-2-4-22(23)28/h6-7,14-15,21-23,33H,2-5,8-13,16H2,1H3. The van der Waals surface area contributed by atoms with Gasteiger partial charge in [-0.25, -0.2) is 4.39 Å². The van der Waals surface area contributed by atoms with Gasteiger partial charge in [0.15, 0.2) is 5.69 Å². The first-order valence-electron chi connectivity index (χ1n) is 13.2. The summed E-state index contributed by atoms with van der Waals surface area (Å²) in [5.74, 6) is -0.192. The molecule has 5 rings (SSSR count). The predicted molar refractivity (Wildman–Crippen MR) is 132 cm³/mol. The van der Waals surface area contributed by atoms with Crippen molar-refractivity contribution < 1.29 is 22.4 Å². The van der Waals surface area contributed by atoms with Gasteiger partial charge in [0, 0.05) is 43.8 Å². The maximum Gasteiger partial charge on any atom is 0.416 e. The fourth-order valence-electron chi connectivity index (χ4n) is 5.87. The first-order valence-corrected chi connectivity index (χ1v) is 13.2. The van der Waals surface area contributed by atoms with E-state index < -0.39 is 17.9 Å². The molecule has 6 nitrogen and oxygen atoms in total. The Labute approximate surface area is 214 Å². The van der Waals surface area contributed by atoms with Crippen LogP contribution in [0.25, 0.3) is 0 Å². The van der Waals surface area contributed by atoms with Crippen LogP contribution >= 0.6 is 0 Å². The van der Waals surface area contributed by atoms with Gasteiger partial charge >= 0.3 is 6.18 Å². The summed E-state index contributed by atoms with van der Waals surface area (Å²) in [5.41, 5.74) is 2.55. The Morgan fingerprint density at radius 1 is 1.05 bits per heavy atom. The number of piperidine rings is 1. The average molecular weight is 520 g/mol. The van der Waals surface area contributed by atoms with Crippen LogP contribution in [0.2, 0.25) is 0 Å². The summed E-state index contributed by atoms with van der Waals surface area (Å²) in [4.78, 5) is 17.1. The second kappa shape index (κ2) is 10.6. The van der Waals surface area contributed by atoms with Gasteiger partial charge in [0.2, 0.25) is 0 Å². The zero-order valence-electron chi connectivity index (χ0n) is 21.0. The molecule has 2 atom stereocenters. The number of rotatable bonds is 4. The van der Waals surface area contributed by atoms with Gasteiger partial charge in [-0.1, -0.05) is 18.9 Å². The molecule has 2 fully saturated rings. The fraction of sp³-hybridized carbons (Fsp3) is 0.593. The minimum absolute atomic E-state index is 0.0901. The van der Waals surface area contributed by atoms with Crippen molar-refractivity contribution in [2.24, 2.45) is 0 Å². The zero-order valence-corrected chi connectivity index (χ0v) is 21.0. The Morgan fingerprint density at radius 2 is 1.81 bits per heavy atom. The van der Waals surface area contributed by atoms with Crippen molar-refractivity contribution >= 4 is 11.6 Å². The summed E-state index contributed by atoms with van der Waals surface area (Å²) in [6, 6.07) is 4.01. The quantitative estimate of drug-likeness (QED) is 0.586. The molecule has 1 aliphatic carbocycles. The monoisotopic (exact) mass is 519 g/mol. The number of fused-ring (bicyclic) bond motifs is 1. The molecule has 1 aromatic heterocycles. The topological polar surface area (TPSA) is 61.4 Å². The molecule has 1 N–H and O–H groups in total. The number of hydrogen-bond acceptors (Lipinski definition) is 5. The lowest BCUT2D eigenvalue weighted by molar-refractivity contribution is -0.137. The maximum atomic E-state index is 14.2. The van der Waals surface area contributed by atoms with Crippen molar-refractivity contribution in [3.63, 3.8) is 0 Å². The molecule has 2 unspecified atom stereocenters. The van der Waals surface area contributed by atoms with Crippen LogP contribution in [-0.4, -0.2) is 58.9 Å². The van der Waals surface area contributed by atoms with E-state index in [9.17, 15) is 22.4 Å². The number of hydrogen-bond donors (Lipinski definition) is 1. The third kappa shape index (κ3) is 5.58. The summed E-state index contributed by atoms with van der Waals surface area (Å²) in [7, 11) is 0. The molecule has 0 radical (unpaired) electrons. The van der Waals surface area contributed by atoms with Gasteiger partial charge in [-0.2, -0.15) is 18.3 Å². The molecule has 37 heavy (non-hydrogen) atoms. The summed E-state index contributed by atoms with van der Waals surface area (Å²) >= 11 is 0. The SMILES string of the molecule is Cc1c(N2CCc3ccc(C(F)(F)F)cc3C2)cnnc1C(=O)N1CCC(NC2CCCCC2F)CC1. The number of nitrogens with one attached hydrogen (secondary N) is 1. The van der Waals surface area contributed by atoms with Crippen LogP contribution < -0.4 is 10.2 Å². The van der Waals surface area contributed by atoms with Gasteiger partial charge in [0.25, 0.3) is 5.91 Å². The average Bonchev–Trinajstić information content (AvgIpc) is 2.89. The highest BCUT2D eigenvalue weighted by Gasteiger charge is 2.33. The lowest BCUT2D eigenvalue weighted by Gasteiger charge is -2.37. The first kappa shape index (κ1) is 25.9. The molecule has 10 heteroatoms. The van der Waals surface area contributed by atoms with E-state index in [-0.39, 0.29) is 23.7 Å². The van der Waals surface area contributed by atoms with E-state index in [4.69, 9.17) is 0 Å². The highest BCUT2D eigenvalue weighted by molar-refractivity contribution is 5.95. The normalized spacial score (nSPS) is 23.2. The molecule has 3 aliphatic rings. The number of likely N-dealkylation sites (tertiary alicyclic amines) is 1. The number of carbonyl (C=O) groups excluding carboxylic acids is 1. The summed E-state index contributed by atoms with van der Waals surface area (Å²) in [5, 5.41) is 11.7. The van der Waals surface area contributed by atoms with Gasteiger partial charge in [-0.15, -0.1) is 5.10 Å². The molecule has 1 aromatic carbocycles. The highest BCUT2D eigenvalue weighted by atomic mass is 19.4. The van der Waals surface area contributed by atoms with Crippen LogP contribution in [0.3, 0.4) is 0 Å². The molecular weight excluding hydrogens is 486 g/mol. The number of amides is 1. The second-order valence-electron chi connectivity index (χ2n) is 10.5. The number of alkyl halides is 4. The van der Waals surface area contributed by atoms with Crippen LogP contribution in [0.4, 0.5) is 23.2 Å². The van der Waals surface area contributed by atoms with Crippen LogP contribution in [0.15, 0.2) is 24.4 Å². The van der Waals surface area contributed by atoms with Gasteiger partial charge in [0.1, 0.15) is 6.17 Å². The Kier molecular flexibility index (Phi) is 7.38. The Hall–Kier alpha value is -2.75. The van der Waals surface area contributed by atoms with Gasteiger partial charge < -0.3 is 15.1 Å². The first-order chi connectivity index (χ1) is 17.7. The fourth-order valence-corrected chi connectivity index (χ4v) is 5.87.